The van der Waals surface area contributed by atoms with Crippen LogP contribution in [0.4, 0.5) is 0 Å². The lowest BCUT2D eigenvalue weighted by Crippen LogP contribution is -2.17. The van der Waals surface area contributed by atoms with Crippen LogP contribution in [0, 0.1) is 0 Å². The Hall–Kier alpha value is -1.60. The Balaban J connectivity index is 2.39. The first-order valence-corrected chi connectivity index (χ1v) is 5.81. The van der Waals surface area contributed by atoms with Crippen LogP contribution in [0.25, 0.3) is 6.08 Å². The van der Waals surface area contributed by atoms with Crippen molar-refractivity contribution in [1.29, 1.82) is 0 Å². The first-order chi connectivity index (χ1) is 8.11. The maximum absolute atomic E-state index is 11.4. The van der Waals surface area contributed by atoms with Gasteiger partial charge in [0.1, 0.15) is 10.0 Å². The van der Waals surface area contributed by atoms with Crippen molar-refractivity contribution < 1.29 is 14.6 Å². The van der Waals surface area contributed by atoms with E-state index < -0.39 is 0 Å². The summed E-state index contributed by atoms with van der Waals surface area (Å²) in [6.07, 6.45) is 2.96. The Labute approximate surface area is 107 Å². The van der Waals surface area contributed by atoms with Gasteiger partial charge in [-0.15, -0.1) is 0 Å². The van der Waals surface area contributed by atoms with E-state index in [4.69, 9.17) is 17.0 Å². The molecule has 1 amide bonds. The zero-order valence-electron chi connectivity index (χ0n) is 8.76. The number of amides is 1. The highest BCUT2D eigenvalue weighted by molar-refractivity contribution is 8.26. The third-order valence-electron chi connectivity index (χ3n) is 2.05. The Bertz CT molecular complexity index is 528. The zero-order valence-corrected chi connectivity index (χ0v) is 10.4. The first-order valence-electron chi connectivity index (χ1n) is 4.58. The summed E-state index contributed by atoms with van der Waals surface area (Å²) < 4.78 is 5.34. The summed E-state index contributed by atoms with van der Waals surface area (Å²) in [5.74, 6) is -0.0874. The number of nitrogens with zero attached hydrogens (tertiary/aromatic N) is 1. The van der Waals surface area contributed by atoms with Gasteiger partial charge in [-0.2, -0.15) is 0 Å². The first kappa shape index (κ1) is 11.9. The average Bonchev–Trinajstić information content (AvgIpc) is 2.60. The molecular formula is C10H8N2O3S2. The molecule has 0 aromatic carbocycles. The number of pyridine rings is 1. The number of aromatic hydroxyl groups is 1. The molecule has 0 radical (unpaired) electrons. The highest BCUT2D eigenvalue weighted by atomic mass is 32.2. The number of thiocarbonyl (C=S) groups is 1. The molecule has 0 bridgehead atoms. The molecule has 7 heteroatoms. The van der Waals surface area contributed by atoms with Gasteiger partial charge >= 0.3 is 0 Å². The van der Waals surface area contributed by atoms with Gasteiger partial charge in [0.05, 0.1) is 12.0 Å². The maximum atomic E-state index is 11.4. The number of aromatic nitrogens is 1. The molecule has 2 heterocycles. The summed E-state index contributed by atoms with van der Waals surface area (Å²) in [7, 11) is 1.44. The molecule has 1 aromatic heterocycles. The van der Waals surface area contributed by atoms with Crippen LogP contribution in [0.3, 0.4) is 0 Å². The van der Waals surface area contributed by atoms with Gasteiger partial charge in [-0.05, 0) is 6.08 Å². The molecule has 1 aliphatic heterocycles. The van der Waals surface area contributed by atoms with Crippen LogP contribution in [-0.2, 0) is 4.79 Å². The van der Waals surface area contributed by atoms with E-state index in [1.165, 1.54) is 25.4 Å². The minimum Gasteiger partial charge on any atom is -0.503 e. The molecule has 1 saturated heterocycles. The number of nitrogens with one attached hydrogen (secondary N) is 1. The van der Waals surface area contributed by atoms with Gasteiger partial charge in [-0.25, -0.2) is 0 Å². The van der Waals surface area contributed by atoms with E-state index in [9.17, 15) is 9.90 Å². The van der Waals surface area contributed by atoms with Gasteiger partial charge in [-0.1, -0.05) is 24.0 Å². The Morgan fingerprint density at radius 3 is 3.00 bits per heavy atom. The number of hydrogen-bond acceptors (Lipinski definition) is 6. The van der Waals surface area contributed by atoms with Crippen LogP contribution in [-0.4, -0.2) is 27.4 Å². The van der Waals surface area contributed by atoms with Crippen LogP contribution in [0.15, 0.2) is 17.2 Å². The zero-order chi connectivity index (χ0) is 12.4. The number of methoxy groups -OCH3 is 1. The van der Waals surface area contributed by atoms with Gasteiger partial charge in [0.2, 0.25) is 0 Å². The number of rotatable bonds is 2. The molecule has 0 saturated carbocycles. The number of hydrogen-bond donors (Lipinski definition) is 2. The van der Waals surface area contributed by atoms with Crippen molar-refractivity contribution in [2.45, 2.75) is 0 Å². The Kier molecular flexibility index (Phi) is 3.30. The van der Waals surface area contributed by atoms with Crippen molar-refractivity contribution in [1.82, 2.24) is 10.3 Å². The minimum absolute atomic E-state index is 0.103. The van der Waals surface area contributed by atoms with Gasteiger partial charge in [0, 0.05) is 12.3 Å². The van der Waals surface area contributed by atoms with Crippen LogP contribution >= 0.6 is 24.0 Å². The molecule has 1 fully saturated rings. The second-order valence-electron chi connectivity index (χ2n) is 3.10. The molecular weight excluding hydrogens is 260 g/mol. The predicted molar refractivity (Wildman–Crippen MR) is 68.8 cm³/mol. The lowest BCUT2D eigenvalue weighted by molar-refractivity contribution is -0.115. The van der Waals surface area contributed by atoms with E-state index in [0.29, 0.717) is 15.0 Å². The molecule has 17 heavy (non-hydrogen) atoms. The molecule has 1 aliphatic rings. The van der Waals surface area contributed by atoms with Crippen molar-refractivity contribution in [3.63, 3.8) is 0 Å². The lowest BCUT2D eigenvalue weighted by Gasteiger charge is -2.04. The van der Waals surface area contributed by atoms with Crippen molar-refractivity contribution in [2.24, 2.45) is 0 Å². The topological polar surface area (TPSA) is 71.5 Å². The fourth-order valence-corrected chi connectivity index (χ4v) is 2.29. The highest BCUT2D eigenvalue weighted by Gasteiger charge is 2.23. The summed E-state index contributed by atoms with van der Waals surface area (Å²) in [6.45, 7) is 0. The lowest BCUT2D eigenvalue weighted by atomic mass is 10.2. The molecule has 1 aromatic rings. The number of ether oxygens (including phenoxy) is 1. The summed E-state index contributed by atoms with van der Waals surface area (Å²) in [4.78, 5) is 15.8. The summed E-state index contributed by atoms with van der Waals surface area (Å²) in [5, 5.41) is 12.3. The summed E-state index contributed by atoms with van der Waals surface area (Å²) in [5.41, 5.74) is 0.270. The SMILES string of the molecule is COc1ccnc(/C=C2\SC(=S)NC2=O)c1O. The van der Waals surface area contributed by atoms with Crippen molar-refractivity contribution >= 4 is 40.3 Å². The Morgan fingerprint density at radius 1 is 1.65 bits per heavy atom. The molecule has 5 nitrogen and oxygen atoms in total. The van der Waals surface area contributed by atoms with Crippen LogP contribution in [0.5, 0.6) is 11.5 Å². The summed E-state index contributed by atoms with van der Waals surface area (Å²) >= 11 is 5.98. The van der Waals surface area contributed by atoms with Gasteiger partial charge in [-0.3, -0.25) is 9.78 Å². The second-order valence-corrected chi connectivity index (χ2v) is 4.82. The predicted octanol–water partition coefficient (Wildman–Crippen LogP) is 1.28. The molecule has 0 spiro atoms. The van der Waals surface area contributed by atoms with E-state index in [1.807, 2.05) is 0 Å². The third-order valence-corrected chi connectivity index (χ3v) is 3.21. The normalized spacial score (nSPS) is 17.4. The number of carbonyl (C=O) groups is 1. The molecule has 2 rings (SSSR count). The molecule has 88 valence electrons. The van der Waals surface area contributed by atoms with Gasteiger partial charge in [0.15, 0.2) is 11.5 Å². The quantitative estimate of drug-likeness (QED) is 0.622. The van der Waals surface area contributed by atoms with E-state index in [0.717, 1.165) is 11.8 Å². The second kappa shape index (κ2) is 4.72. The fourth-order valence-electron chi connectivity index (χ4n) is 1.27. The standard InChI is InChI=1S/C10H8N2O3S2/c1-15-6-2-3-11-5(8(6)13)4-7-9(14)12-10(16)17-7/h2-4,13H,1H3,(H,12,14,16)/b7-4-. The van der Waals surface area contributed by atoms with Gasteiger partial charge in [0.25, 0.3) is 5.91 Å². The molecule has 2 N–H and O–H groups in total. The fraction of sp³-hybridized carbons (Fsp3) is 0.100. The minimum atomic E-state index is -0.288. The largest absolute Gasteiger partial charge is 0.503 e. The van der Waals surface area contributed by atoms with Crippen LogP contribution in [0.1, 0.15) is 5.69 Å². The third kappa shape index (κ3) is 2.40. The number of thioether (sulfide) groups is 1. The average molecular weight is 268 g/mol. The maximum Gasteiger partial charge on any atom is 0.263 e. The van der Waals surface area contributed by atoms with Gasteiger partial charge < -0.3 is 15.2 Å². The van der Waals surface area contributed by atoms with Crippen molar-refractivity contribution in [2.75, 3.05) is 7.11 Å². The van der Waals surface area contributed by atoms with Crippen LogP contribution in [0.2, 0.25) is 0 Å². The highest BCUT2D eigenvalue weighted by Crippen LogP contribution is 2.32. The van der Waals surface area contributed by atoms with E-state index in [2.05, 4.69) is 10.3 Å². The van der Waals surface area contributed by atoms with Crippen LogP contribution < -0.4 is 10.1 Å². The summed E-state index contributed by atoms with van der Waals surface area (Å²) in [6, 6.07) is 1.53. The smallest absolute Gasteiger partial charge is 0.263 e. The van der Waals surface area contributed by atoms with E-state index >= 15 is 0 Å². The molecule has 0 atom stereocenters. The van der Waals surface area contributed by atoms with E-state index in [-0.39, 0.29) is 17.4 Å². The van der Waals surface area contributed by atoms with Crippen molar-refractivity contribution in [3.05, 3.63) is 22.9 Å². The molecule has 0 unspecified atom stereocenters. The number of carbonyl (C=O) groups excluding carboxylic acids is 1. The Morgan fingerprint density at radius 2 is 2.41 bits per heavy atom. The monoisotopic (exact) mass is 268 g/mol. The van der Waals surface area contributed by atoms with Crippen molar-refractivity contribution in [3.8, 4) is 11.5 Å². The molecule has 0 aliphatic carbocycles. The van der Waals surface area contributed by atoms with E-state index in [1.54, 1.807) is 0 Å².